The Bertz CT molecular complexity index is 626. The average Bonchev–Trinajstić information content (AvgIpc) is 2.54. The maximum atomic E-state index is 4.63. The molecule has 5 heteroatoms. The first kappa shape index (κ1) is 14.8. The molecule has 0 fully saturated rings. The molecule has 0 saturated carbocycles. The van der Waals surface area contributed by atoms with Gasteiger partial charge in [-0.25, -0.2) is 0 Å². The van der Waals surface area contributed by atoms with Crippen molar-refractivity contribution in [1.29, 1.82) is 0 Å². The van der Waals surface area contributed by atoms with E-state index in [0.717, 1.165) is 38.2 Å². The molecule has 1 aliphatic heterocycles. The number of para-hydroxylation sites is 1. The number of anilines is 3. The lowest BCUT2D eigenvalue weighted by Crippen LogP contribution is -2.26. The van der Waals surface area contributed by atoms with E-state index < -0.39 is 0 Å². The lowest BCUT2D eigenvalue weighted by atomic mass is 10.0. The van der Waals surface area contributed by atoms with Crippen LogP contribution in [0.1, 0.15) is 32.3 Å². The third kappa shape index (κ3) is 3.35. The Morgan fingerprint density at radius 1 is 1.27 bits per heavy atom. The second-order valence-corrected chi connectivity index (χ2v) is 6.13. The highest BCUT2D eigenvalue weighted by Crippen LogP contribution is 2.31. The molecular weight excluding hydrogens is 274 g/mol. The van der Waals surface area contributed by atoms with Crippen LogP contribution < -0.4 is 10.2 Å². The van der Waals surface area contributed by atoms with E-state index in [1.807, 2.05) is 0 Å². The molecule has 116 valence electrons. The molecule has 1 aromatic heterocycles. The van der Waals surface area contributed by atoms with E-state index in [2.05, 4.69) is 63.5 Å². The number of hydrogen-bond acceptors (Lipinski definition) is 5. The quantitative estimate of drug-likeness (QED) is 0.916. The number of rotatable bonds is 5. The molecule has 1 aliphatic rings. The fraction of sp³-hybridized carbons (Fsp3) is 0.471. The van der Waals surface area contributed by atoms with E-state index in [1.165, 1.54) is 11.3 Å². The van der Waals surface area contributed by atoms with Crippen LogP contribution >= 0.6 is 0 Å². The number of fused-ring (bicyclic) bond motifs is 1. The number of nitrogens with one attached hydrogen (secondary N) is 1. The fourth-order valence-corrected chi connectivity index (χ4v) is 2.72. The van der Waals surface area contributed by atoms with Gasteiger partial charge in [0.1, 0.15) is 0 Å². The van der Waals surface area contributed by atoms with Crippen LogP contribution in [0.5, 0.6) is 0 Å². The normalized spacial score (nSPS) is 14.0. The minimum absolute atomic E-state index is 0.677. The summed E-state index contributed by atoms with van der Waals surface area (Å²) in [4.78, 5) is 6.80. The predicted octanol–water partition coefficient (Wildman–Crippen LogP) is 3.41. The van der Waals surface area contributed by atoms with Crippen LogP contribution in [0.3, 0.4) is 0 Å². The van der Waals surface area contributed by atoms with Gasteiger partial charge in [0.15, 0.2) is 5.82 Å². The van der Waals surface area contributed by atoms with E-state index in [4.69, 9.17) is 0 Å². The number of nitrogens with zero attached hydrogens (tertiary/aromatic N) is 4. The van der Waals surface area contributed by atoms with Gasteiger partial charge in [0.05, 0.1) is 6.20 Å². The molecule has 2 heterocycles. The minimum atomic E-state index is 0.677. The molecule has 0 atom stereocenters. The third-order valence-electron chi connectivity index (χ3n) is 3.93. The molecular formula is C17H23N5. The highest BCUT2D eigenvalue weighted by atomic mass is 15.3. The SMILES string of the molecule is CC(C)CCNc1cnnc(N2CCCc3ccccc32)n1. The monoisotopic (exact) mass is 297 g/mol. The van der Waals surface area contributed by atoms with Crippen LogP contribution in [-0.2, 0) is 6.42 Å². The summed E-state index contributed by atoms with van der Waals surface area (Å²) in [7, 11) is 0. The van der Waals surface area contributed by atoms with Crippen molar-refractivity contribution in [3.05, 3.63) is 36.0 Å². The van der Waals surface area contributed by atoms with Crippen molar-refractivity contribution >= 4 is 17.5 Å². The predicted molar refractivity (Wildman–Crippen MR) is 89.5 cm³/mol. The highest BCUT2D eigenvalue weighted by molar-refractivity contribution is 5.63. The van der Waals surface area contributed by atoms with Gasteiger partial charge < -0.3 is 10.2 Å². The van der Waals surface area contributed by atoms with Crippen LogP contribution in [0.15, 0.2) is 30.5 Å². The third-order valence-corrected chi connectivity index (χ3v) is 3.93. The first-order chi connectivity index (χ1) is 10.7. The second kappa shape index (κ2) is 6.73. The zero-order chi connectivity index (χ0) is 15.4. The highest BCUT2D eigenvalue weighted by Gasteiger charge is 2.20. The van der Waals surface area contributed by atoms with Gasteiger partial charge >= 0.3 is 0 Å². The lowest BCUT2D eigenvalue weighted by Gasteiger charge is -2.29. The van der Waals surface area contributed by atoms with Crippen molar-refractivity contribution < 1.29 is 0 Å². The van der Waals surface area contributed by atoms with Crippen LogP contribution in [0.25, 0.3) is 0 Å². The second-order valence-electron chi connectivity index (χ2n) is 6.13. The molecule has 3 rings (SSSR count). The summed E-state index contributed by atoms with van der Waals surface area (Å²) < 4.78 is 0. The first-order valence-corrected chi connectivity index (χ1v) is 8.03. The maximum absolute atomic E-state index is 4.63. The number of hydrogen-bond donors (Lipinski definition) is 1. The maximum Gasteiger partial charge on any atom is 0.251 e. The molecule has 1 N–H and O–H groups in total. The van der Waals surface area contributed by atoms with Crippen molar-refractivity contribution in [3.8, 4) is 0 Å². The number of aryl methyl sites for hydroxylation is 1. The van der Waals surface area contributed by atoms with E-state index in [9.17, 15) is 0 Å². The van der Waals surface area contributed by atoms with Crippen molar-refractivity contribution in [2.45, 2.75) is 33.1 Å². The Balaban J connectivity index is 1.78. The Labute approximate surface area is 131 Å². The van der Waals surface area contributed by atoms with Gasteiger partial charge in [0.25, 0.3) is 5.95 Å². The number of benzene rings is 1. The first-order valence-electron chi connectivity index (χ1n) is 8.03. The molecule has 1 aromatic carbocycles. The summed E-state index contributed by atoms with van der Waals surface area (Å²) in [6, 6.07) is 8.47. The molecule has 5 nitrogen and oxygen atoms in total. The topological polar surface area (TPSA) is 53.9 Å². The largest absolute Gasteiger partial charge is 0.369 e. The summed E-state index contributed by atoms with van der Waals surface area (Å²) in [5.74, 6) is 2.16. The van der Waals surface area contributed by atoms with Gasteiger partial charge in [0.2, 0.25) is 0 Å². The molecule has 0 radical (unpaired) electrons. The Kier molecular flexibility index (Phi) is 4.51. The lowest BCUT2D eigenvalue weighted by molar-refractivity contribution is 0.606. The Morgan fingerprint density at radius 3 is 3.00 bits per heavy atom. The molecule has 22 heavy (non-hydrogen) atoms. The van der Waals surface area contributed by atoms with E-state index in [1.54, 1.807) is 6.20 Å². The van der Waals surface area contributed by atoms with Gasteiger partial charge in [0, 0.05) is 18.8 Å². The van der Waals surface area contributed by atoms with Crippen LogP contribution in [0, 0.1) is 5.92 Å². The molecule has 0 amide bonds. The van der Waals surface area contributed by atoms with E-state index in [0.29, 0.717) is 11.9 Å². The molecule has 2 aromatic rings. The molecule has 0 bridgehead atoms. The van der Waals surface area contributed by atoms with Crippen molar-refractivity contribution in [2.24, 2.45) is 5.92 Å². The summed E-state index contributed by atoms with van der Waals surface area (Å²) in [5.41, 5.74) is 2.56. The van der Waals surface area contributed by atoms with Crippen molar-refractivity contribution in [1.82, 2.24) is 15.2 Å². The Hall–Kier alpha value is -2.17. The smallest absolute Gasteiger partial charge is 0.251 e. The molecule has 0 aliphatic carbocycles. The van der Waals surface area contributed by atoms with Gasteiger partial charge in [-0.15, -0.1) is 5.10 Å². The van der Waals surface area contributed by atoms with Crippen LogP contribution in [0.4, 0.5) is 17.5 Å². The summed E-state index contributed by atoms with van der Waals surface area (Å²) in [5, 5.41) is 11.7. The van der Waals surface area contributed by atoms with Gasteiger partial charge in [-0.1, -0.05) is 32.0 Å². The van der Waals surface area contributed by atoms with E-state index in [-0.39, 0.29) is 0 Å². The van der Waals surface area contributed by atoms with Crippen LogP contribution in [0.2, 0.25) is 0 Å². The van der Waals surface area contributed by atoms with Gasteiger partial charge in [-0.05, 0) is 36.8 Å². The minimum Gasteiger partial charge on any atom is -0.369 e. The van der Waals surface area contributed by atoms with Crippen molar-refractivity contribution in [2.75, 3.05) is 23.3 Å². The zero-order valence-corrected chi connectivity index (χ0v) is 13.3. The summed E-state index contributed by atoms with van der Waals surface area (Å²) in [6.45, 7) is 6.28. The number of aromatic nitrogens is 3. The van der Waals surface area contributed by atoms with Crippen LogP contribution in [-0.4, -0.2) is 28.3 Å². The standard InChI is InChI=1S/C17H23N5/c1-13(2)9-10-18-16-12-19-21-17(20-16)22-11-5-7-14-6-3-4-8-15(14)22/h3-4,6,8,12-13H,5,7,9-11H2,1-2H3,(H,18,20,21). The Morgan fingerprint density at radius 2 is 2.14 bits per heavy atom. The summed E-state index contributed by atoms with van der Waals surface area (Å²) in [6.07, 6.45) is 5.05. The fourth-order valence-electron chi connectivity index (χ4n) is 2.72. The molecule has 0 saturated heterocycles. The van der Waals surface area contributed by atoms with E-state index >= 15 is 0 Å². The summed E-state index contributed by atoms with van der Waals surface area (Å²) >= 11 is 0. The average molecular weight is 297 g/mol. The van der Waals surface area contributed by atoms with Gasteiger partial charge in [-0.3, -0.25) is 0 Å². The zero-order valence-electron chi connectivity index (χ0n) is 13.3. The van der Waals surface area contributed by atoms with Gasteiger partial charge in [-0.2, -0.15) is 10.1 Å². The molecule has 0 unspecified atom stereocenters. The molecule has 0 spiro atoms. The van der Waals surface area contributed by atoms with Crippen molar-refractivity contribution in [3.63, 3.8) is 0 Å².